The molecule has 0 aliphatic heterocycles. The van der Waals surface area contributed by atoms with Crippen molar-refractivity contribution < 1.29 is 9.53 Å². The summed E-state index contributed by atoms with van der Waals surface area (Å²) < 4.78 is 9.48. The molecule has 2 aromatic rings. The van der Waals surface area contributed by atoms with Crippen LogP contribution in [0.2, 0.25) is 5.02 Å². The van der Waals surface area contributed by atoms with Gasteiger partial charge < -0.3 is 4.74 Å². The van der Waals surface area contributed by atoms with Crippen molar-refractivity contribution >= 4 is 34.2 Å². The molecule has 100 valence electrons. The molecule has 0 bridgehead atoms. The summed E-state index contributed by atoms with van der Waals surface area (Å²) in [6.07, 6.45) is -0.634. The highest BCUT2D eigenvalue weighted by molar-refractivity contribution is 7.09. The highest BCUT2D eigenvalue weighted by Gasteiger charge is 2.16. The van der Waals surface area contributed by atoms with Gasteiger partial charge in [-0.15, -0.1) is 0 Å². The Balaban J connectivity index is 1.94. The van der Waals surface area contributed by atoms with Gasteiger partial charge in [0, 0.05) is 16.6 Å². The first kappa shape index (κ1) is 13.8. The number of hydrogen-bond acceptors (Lipinski definition) is 5. The molecule has 2 rings (SSSR count). The average molecular weight is 298 g/mol. The van der Waals surface area contributed by atoms with Gasteiger partial charge in [0.25, 0.3) is 5.91 Å². The molecular weight excluding hydrogens is 286 g/mol. The molecule has 0 aliphatic carbocycles. The fourth-order valence-electron chi connectivity index (χ4n) is 1.33. The Morgan fingerprint density at radius 3 is 2.68 bits per heavy atom. The van der Waals surface area contributed by atoms with Crippen molar-refractivity contribution in [3.05, 3.63) is 35.1 Å². The number of nitrogens with one attached hydrogen (secondary N) is 1. The van der Waals surface area contributed by atoms with Crippen molar-refractivity contribution in [2.24, 2.45) is 0 Å². The normalized spacial score (nSPS) is 11.9. The van der Waals surface area contributed by atoms with Crippen molar-refractivity contribution in [1.29, 1.82) is 0 Å². The predicted octanol–water partition coefficient (Wildman–Crippen LogP) is 2.91. The summed E-state index contributed by atoms with van der Waals surface area (Å²) in [5, 5.41) is 3.74. The summed E-state index contributed by atoms with van der Waals surface area (Å²) in [4.78, 5) is 15.9. The van der Waals surface area contributed by atoms with E-state index in [0.717, 1.165) is 11.5 Å². The van der Waals surface area contributed by atoms with E-state index in [1.807, 2.05) is 0 Å². The van der Waals surface area contributed by atoms with E-state index >= 15 is 0 Å². The Morgan fingerprint density at radius 2 is 2.11 bits per heavy atom. The lowest BCUT2D eigenvalue weighted by molar-refractivity contribution is -0.122. The highest BCUT2D eigenvalue weighted by atomic mass is 35.5. The van der Waals surface area contributed by atoms with E-state index in [4.69, 9.17) is 16.3 Å². The molecule has 0 radical (unpaired) electrons. The SMILES string of the molecule is Cc1nsc(NC(=O)C(C)Oc2ccc(Cl)cc2)n1. The van der Waals surface area contributed by atoms with E-state index < -0.39 is 6.10 Å². The van der Waals surface area contributed by atoms with Crippen LogP contribution in [0.1, 0.15) is 12.7 Å². The minimum atomic E-state index is -0.634. The summed E-state index contributed by atoms with van der Waals surface area (Å²) in [7, 11) is 0. The van der Waals surface area contributed by atoms with E-state index in [-0.39, 0.29) is 5.91 Å². The summed E-state index contributed by atoms with van der Waals surface area (Å²) in [6.45, 7) is 3.43. The second kappa shape index (κ2) is 5.99. The van der Waals surface area contributed by atoms with Crippen molar-refractivity contribution in [3.8, 4) is 5.75 Å². The number of ether oxygens (including phenoxy) is 1. The number of halogens is 1. The number of rotatable bonds is 4. The molecular formula is C12H12ClN3O2S. The van der Waals surface area contributed by atoms with Crippen LogP contribution in [0.4, 0.5) is 5.13 Å². The van der Waals surface area contributed by atoms with Crippen molar-refractivity contribution in [1.82, 2.24) is 9.36 Å². The molecule has 1 N–H and O–H groups in total. The van der Waals surface area contributed by atoms with Gasteiger partial charge in [-0.3, -0.25) is 10.1 Å². The fraction of sp³-hybridized carbons (Fsp3) is 0.250. The Morgan fingerprint density at radius 1 is 1.42 bits per heavy atom. The molecule has 7 heteroatoms. The minimum Gasteiger partial charge on any atom is -0.481 e. The van der Waals surface area contributed by atoms with Gasteiger partial charge in [0.05, 0.1) is 0 Å². The lowest BCUT2D eigenvalue weighted by atomic mass is 10.3. The second-order valence-electron chi connectivity index (χ2n) is 3.85. The molecule has 5 nitrogen and oxygen atoms in total. The van der Waals surface area contributed by atoms with Gasteiger partial charge in [0.15, 0.2) is 6.10 Å². The number of amides is 1. The number of carbonyl (C=O) groups excluding carboxylic acids is 1. The number of nitrogens with zero attached hydrogens (tertiary/aromatic N) is 2. The van der Waals surface area contributed by atoms with Crippen LogP contribution in [-0.2, 0) is 4.79 Å². The summed E-state index contributed by atoms with van der Waals surface area (Å²) >= 11 is 6.91. The molecule has 0 fully saturated rings. The highest BCUT2D eigenvalue weighted by Crippen LogP contribution is 2.17. The van der Waals surface area contributed by atoms with Crippen LogP contribution in [0.25, 0.3) is 0 Å². The topological polar surface area (TPSA) is 64.1 Å². The minimum absolute atomic E-state index is 0.272. The molecule has 0 saturated heterocycles. The zero-order valence-corrected chi connectivity index (χ0v) is 12.0. The lowest BCUT2D eigenvalue weighted by Crippen LogP contribution is -2.30. The van der Waals surface area contributed by atoms with Crippen LogP contribution in [0.15, 0.2) is 24.3 Å². The van der Waals surface area contributed by atoms with Crippen LogP contribution in [-0.4, -0.2) is 21.4 Å². The molecule has 0 saturated carbocycles. The van der Waals surface area contributed by atoms with Gasteiger partial charge in [-0.25, -0.2) is 4.98 Å². The Bertz CT molecular complexity index is 571. The summed E-state index contributed by atoms with van der Waals surface area (Å²) in [6, 6.07) is 6.83. The van der Waals surface area contributed by atoms with Gasteiger partial charge in [-0.1, -0.05) is 11.6 Å². The molecule has 1 atom stereocenters. The quantitative estimate of drug-likeness (QED) is 0.942. The number of carbonyl (C=O) groups is 1. The van der Waals surface area contributed by atoms with Gasteiger partial charge in [0.2, 0.25) is 5.13 Å². The summed E-state index contributed by atoms with van der Waals surface area (Å²) in [5.74, 6) is 0.943. The first-order valence-corrected chi connectivity index (χ1v) is 6.73. The first-order valence-electron chi connectivity index (χ1n) is 5.58. The van der Waals surface area contributed by atoms with Crippen LogP contribution in [0.5, 0.6) is 5.75 Å². The number of aromatic nitrogens is 2. The van der Waals surface area contributed by atoms with Crippen LogP contribution in [0, 0.1) is 6.92 Å². The smallest absolute Gasteiger partial charge is 0.266 e. The van der Waals surface area contributed by atoms with Gasteiger partial charge in [-0.2, -0.15) is 4.37 Å². The third-order valence-electron chi connectivity index (χ3n) is 2.25. The fourth-order valence-corrected chi connectivity index (χ4v) is 2.03. The molecule has 1 amide bonds. The van der Waals surface area contributed by atoms with E-state index in [1.54, 1.807) is 38.1 Å². The Labute approximate surface area is 119 Å². The second-order valence-corrected chi connectivity index (χ2v) is 5.04. The maximum atomic E-state index is 11.9. The molecule has 1 unspecified atom stereocenters. The predicted molar refractivity (Wildman–Crippen MR) is 74.8 cm³/mol. The van der Waals surface area contributed by atoms with Crippen molar-refractivity contribution in [3.63, 3.8) is 0 Å². The van der Waals surface area contributed by atoms with Crippen molar-refractivity contribution in [2.45, 2.75) is 20.0 Å². The lowest BCUT2D eigenvalue weighted by Gasteiger charge is -2.13. The van der Waals surface area contributed by atoms with E-state index in [2.05, 4.69) is 14.7 Å². The molecule has 1 heterocycles. The summed E-state index contributed by atoms with van der Waals surface area (Å²) in [5.41, 5.74) is 0. The van der Waals surface area contributed by atoms with Gasteiger partial charge in [-0.05, 0) is 38.1 Å². The standard InChI is InChI=1S/C12H12ClN3O2S/c1-7(18-10-5-3-9(13)4-6-10)11(17)15-12-14-8(2)16-19-12/h3-7H,1-2H3,(H,14,15,16,17). The number of anilines is 1. The largest absolute Gasteiger partial charge is 0.481 e. The van der Waals surface area contributed by atoms with Crippen LogP contribution in [0.3, 0.4) is 0 Å². The molecule has 19 heavy (non-hydrogen) atoms. The Kier molecular flexibility index (Phi) is 4.34. The van der Waals surface area contributed by atoms with E-state index in [1.165, 1.54) is 0 Å². The maximum absolute atomic E-state index is 11.9. The monoisotopic (exact) mass is 297 g/mol. The Hall–Kier alpha value is -1.66. The van der Waals surface area contributed by atoms with Gasteiger partial charge in [0.1, 0.15) is 11.6 Å². The first-order chi connectivity index (χ1) is 9.04. The zero-order chi connectivity index (χ0) is 13.8. The molecule has 0 aliphatic rings. The van der Waals surface area contributed by atoms with Crippen molar-refractivity contribution in [2.75, 3.05) is 5.32 Å². The third kappa shape index (κ3) is 3.90. The third-order valence-corrected chi connectivity index (χ3v) is 3.23. The van der Waals surface area contributed by atoms with Crippen LogP contribution >= 0.6 is 23.1 Å². The molecule has 0 spiro atoms. The molecule has 1 aromatic heterocycles. The number of benzene rings is 1. The van der Waals surface area contributed by atoms with Gasteiger partial charge >= 0.3 is 0 Å². The van der Waals surface area contributed by atoms with E-state index in [9.17, 15) is 4.79 Å². The zero-order valence-electron chi connectivity index (χ0n) is 10.4. The maximum Gasteiger partial charge on any atom is 0.266 e. The number of aryl methyl sites for hydroxylation is 1. The average Bonchev–Trinajstić information content (AvgIpc) is 2.77. The molecule has 1 aromatic carbocycles. The number of hydrogen-bond donors (Lipinski definition) is 1. The van der Waals surface area contributed by atoms with Crippen LogP contribution < -0.4 is 10.1 Å². The van der Waals surface area contributed by atoms with E-state index in [0.29, 0.717) is 21.7 Å².